The zero-order chi connectivity index (χ0) is 17.0. The molecule has 0 unspecified atom stereocenters. The third kappa shape index (κ3) is 4.77. The first-order valence-electron chi connectivity index (χ1n) is 9.06. The van der Waals surface area contributed by atoms with E-state index < -0.39 is 0 Å². The lowest BCUT2D eigenvalue weighted by molar-refractivity contribution is -0.105. The Morgan fingerprint density at radius 1 is 1.33 bits per heavy atom. The molecule has 1 aliphatic heterocycles. The van der Waals surface area contributed by atoms with Crippen molar-refractivity contribution in [2.75, 3.05) is 18.4 Å². The van der Waals surface area contributed by atoms with Gasteiger partial charge in [-0.2, -0.15) is 0 Å². The van der Waals surface area contributed by atoms with Crippen molar-refractivity contribution in [3.63, 3.8) is 0 Å². The topological polar surface area (TPSA) is 54.5 Å². The van der Waals surface area contributed by atoms with Crippen molar-refractivity contribution < 1.29 is 9.53 Å². The van der Waals surface area contributed by atoms with Gasteiger partial charge in [0.05, 0.1) is 18.4 Å². The van der Waals surface area contributed by atoms with E-state index in [1.807, 2.05) is 5.38 Å². The van der Waals surface area contributed by atoms with Gasteiger partial charge < -0.3 is 15.0 Å². The van der Waals surface area contributed by atoms with E-state index in [-0.39, 0.29) is 0 Å². The number of amides is 1. The van der Waals surface area contributed by atoms with Gasteiger partial charge in [-0.25, -0.2) is 4.98 Å². The predicted molar refractivity (Wildman–Crippen MR) is 97.2 cm³/mol. The molecule has 1 aromatic rings. The molecule has 0 spiro atoms. The Morgan fingerprint density at radius 2 is 2.04 bits per heavy atom. The van der Waals surface area contributed by atoms with E-state index in [0.29, 0.717) is 29.7 Å². The summed E-state index contributed by atoms with van der Waals surface area (Å²) in [5.74, 6) is 0. The summed E-state index contributed by atoms with van der Waals surface area (Å²) in [6.07, 6.45) is 8.64. The molecule has 1 amide bonds. The SMILES string of the molecule is CC1(C)CCC(N2CCC(OCc3csc(NC=O)n3)CC2)CC1. The van der Waals surface area contributed by atoms with Gasteiger partial charge in [0.25, 0.3) is 0 Å². The van der Waals surface area contributed by atoms with Crippen LogP contribution in [0.15, 0.2) is 5.38 Å². The second-order valence-corrected chi connectivity index (χ2v) is 8.71. The van der Waals surface area contributed by atoms with Crippen molar-refractivity contribution in [2.45, 2.75) is 71.1 Å². The van der Waals surface area contributed by atoms with E-state index in [9.17, 15) is 4.79 Å². The van der Waals surface area contributed by atoms with Crippen LogP contribution in [0.1, 0.15) is 58.1 Å². The minimum atomic E-state index is 0.338. The summed E-state index contributed by atoms with van der Waals surface area (Å²) < 4.78 is 6.03. The highest BCUT2D eigenvalue weighted by Crippen LogP contribution is 2.37. The maximum atomic E-state index is 10.4. The maximum absolute atomic E-state index is 10.4. The summed E-state index contributed by atoms with van der Waals surface area (Å²) in [4.78, 5) is 17.4. The molecular weight excluding hydrogens is 322 g/mol. The number of hydrogen-bond acceptors (Lipinski definition) is 5. The molecular formula is C18H29N3O2S. The normalized spacial score (nSPS) is 23.2. The number of piperidine rings is 1. The smallest absolute Gasteiger partial charge is 0.213 e. The van der Waals surface area contributed by atoms with Crippen molar-refractivity contribution in [3.05, 3.63) is 11.1 Å². The zero-order valence-electron chi connectivity index (χ0n) is 14.8. The quantitative estimate of drug-likeness (QED) is 0.795. The number of carbonyl (C=O) groups excluding carboxylic acids is 1. The Balaban J connectivity index is 1.38. The lowest BCUT2D eigenvalue weighted by atomic mass is 9.75. The van der Waals surface area contributed by atoms with E-state index in [1.165, 1.54) is 37.0 Å². The molecule has 1 saturated carbocycles. The van der Waals surface area contributed by atoms with E-state index >= 15 is 0 Å². The summed E-state index contributed by atoms with van der Waals surface area (Å²) in [6, 6.07) is 0.787. The Labute approximate surface area is 148 Å². The molecule has 2 fully saturated rings. The average molecular weight is 352 g/mol. The average Bonchev–Trinajstić information content (AvgIpc) is 3.02. The number of aromatic nitrogens is 1. The molecule has 0 radical (unpaired) electrons. The molecule has 1 saturated heterocycles. The van der Waals surface area contributed by atoms with Crippen molar-refractivity contribution in [1.29, 1.82) is 0 Å². The second kappa shape index (κ2) is 7.93. The summed E-state index contributed by atoms with van der Waals surface area (Å²) in [5, 5.41) is 5.17. The van der Waals surface area contributed by atoms with Crippen LogP contribution in [0.5, 0.6) is 0 Å². The molecule has 1 N–H and O–H groups in total. The first kappa shape index (κ1) is 17.8. The minimum absolute atomic E-state index is 0.338. The van der Waals surface area contributed by atoms with Gasteiger partial charge >= 0.3 is 0 Å². The highest BCUT2D eigenvalue weighted by atomic mass is 32.1. The molecule has 3 rings (SSSR count). The lowest BCUT2D eigenvalue weighted by Gasteiger charge is -2.43. The van der Waals surface area contributed by atoms with Gasteiger partial charge in [-0.15, -0.1) is 11.3 Å². The van der Waals surface area contributed by atoms with Crippen molar-refractivity contribution in [3.8, 4) is 0 Å². The number of likely N-dealkylation sites (tertiary alicyclic amines) is 1. The largest absolute Gasteiger partial charge is 0.372 e. The number of nitrogens with zero attached hydrogens (tertiary/aromatic N) is 2. The fourth-order valence-corrected chi connectivity index (χ4v) is 4.50. The minimum Gasteiger partial charge on any atom is -0.372 e. The Kier molecular flexibility index (Phi) is 5.89. The summed E-state index contributed by atoms with van der Waals surface area (Å²) in [5.41, 5.74) is 1.45. The summed E-state index contributed by atoms with van der Waals surface area (Å²) in [6.45, 7) is 7.66. The van der Waals surface area contributed by atoms with Crippen LogP contribution in [0.25, 0.3) is 0 Å². The van der Waals surface area contributed by atoms with Crippen LogP contribution in [0.2, 0.25) is 0 Å². The molecule has 2 heterocycles. The first-order chi connectivity index (χ1) is 11.6. The van der Waals surface area contributed by atoms with Gasteiger partial charge in [-0.05, 0) is 43.9 Å². The van der Waals surface area contributed by atoms with Gasteiger partial charge in [0, 0.05) is 24.5 Å². The fraction of sp³-hybridized carbons (Fsp3) is 0.778. The number of nitrogens with one attached hydrogen (secondary N) is 1. The lowest BCUT2D eigenvalue weighted by Crippen LogP contribution is -2.45. The number of rotatable bonds is 6. The molecule has 5 nitrogen and oxygen atoms in total. The highest BCUT2D eigenvalue weighted by Gasteiger charge is 2.32. The van der Waals surface area contributed by atoms with Crippen LogP contribution in [0, 0.1) is 5.41 Å². The van der Waals surface area contributed by atoms with Crippen LogP contribution in [-0.4, -0.2) is 41.5 Å². The molecule has 134 valence electrons. The molecule has 0 bridgehead atoms. The predicted octanol–water partition coefficient (Wildman–Crippen LogP) is 3.66. The Hall–Kier alpha value is -0.980. The van der Waals surface area contributed by atoms with Crippen LogP contribution >= 0.6 is 11.3 Å². The second-order valence-electron chi connectivity index (χ2n) is 7.85. The van der Waals surface area contributed by atoms with Crippen LogP contribution in [-0.2, 0) is 16.1 Å². The van der Waals surface area contributed by atoms with Crippen LogP contribution in [0.3, 0.4) is 0 Å². The van der Waals surface area contributed by atoms with Gasteiger partial charge in [0.15, 0.2) is 5.13 Å². The highest BCUT2D eigenvalue weighted by molar-refractivity contribution is 7.13. The van der Waals surface area contributed by atoms with E-state index in [0.717, 1.165) is 37.7 Å². The first-order valence-corrected chi connectivity index (χ1v) is 9.94. The molecule has 2 aliphatic rings. The standard InChI is InChI=1S/C18H29N3O2S/c1-18(2)7-3-15(4-8-18)21-9-5-16(6-10-21)23-11-14-12-24-17(20-14)19-13-22/h12-13,15-16H,3-11H2,1-2H3,(H,19,20,22). The molecule has 24 heavy (non-hydrogen) atoms. The van der Waals surface area contributed by atoms with Crippen molar-refractivity contribution >= 4 is 22.9 Å². The van der Waals surface area contributed by atoms with Crippen LogP contribution in [0.4, 0.5) is 5.13 Å². The molecule has 0 aromatic carbocycles. The van der Waals surface area contributed by atoms with E-state index in [1.54, 1.807) is 0 Å². The monoisotopic (exact) mass is 351 g/mol. The summed E-state index contributed by atoms with van der Waals surface area (Å²) >= 11 is 1.44. The third-order valence-corrected chi connectivity index (χ3v) is 6.33. The zero-order valence-corrected chi connectivity index (χ0v) is 15.6. The van der Waals surface area contributed by atoms with Crippen molar-refractivity contribution in [2.24, 2.45) is 5.41 Å². The number of ether oxygens (including phenoxy) is 1. The summed E-state index contributed by atoms with van der Waals surface area (Å²) in [7, 11) is 0. The van der Waals surface area contributed by atoms with Crippen LogP contribution < -0.4 is 5.32 Å². The Morgan fingerprint density at radius 3 is 2.71 bits per heavy atom. The van der Waals surface area contributed by atoms with E-state index in [4.69, 9.17) is 4.74 Å². The molecule has 1 aliphatic carbocycles. The number of thiazole rings is 1. The molecule has 1 aromatic heterocycles. The van der Waals surface area contributed by atoms with Crippen molar-refractivity contribution in [1.82, 2.24) is 9.88 Å². The van der Waals surface area contributed by atoms with Gasteiger partial charge in [0.2, 0.25) is 6.41 Å². The van der Waals surface area contributed by atoms with Gasteiger partial charge in [-0.1, -0.05) is 13.8 Å². The number of anilines is 1. The maximum Gasteiger partial charge on any atom is 0.213 e. The fourth-order valence-electron chi connectivity index (χ4n) is 3.85. The number of hydrogen-bond donors (Lipinski definition) is 1. The molecule has 6 heteroatoms. The third-order valence-electron chi connectivity index (χ3n) is 5.50. The van der Waals surface area contributed by atoms with E-state index in [2.05, 4.69) is 29.0 Å². The van der Waals surface area contributed by atoms with Gasteiger partial charge in [0.1, 0.15) is 0 Å². The number of carbonyl (C=O) groups is 1. The Bertz CT molecular complexity index is 528. The van der Waals surface area contributed by atoms with Gasteiger partial charge in [-0.3, -0.25) is 4.79 Å². The molecule has 0 atom stereocenters.